The first-order chi connectivity index (χ1) is 18.9. The number of sulfonamides is 1. The highest BCUT2D eigenvalue weighted by molar-refractivity contribution is 7.93. The molecule has 2 aliphatic rings. The summed E-state index contributed by atoms with van der Waals surface area (Å²) in [5.74, 6) is 0.894. The monoisotopic (exact) mass is 541 g/mol. The second-order valence-corrected chi connectivity index (χ2v) is 11.6. The Hall–Kier alpha value is -4.27. The van der Waals surface area contributed by atoms with Crippen LogP contribution in [0.25, 0.3) is 11.1 Å². The highest BCUT2D eigenvalue weighted by Crippen LogP contribution is 2.52. The Kier molecular flexibility index (Phi) is 6.29. The molecule has 2 heterocycles. The van der Waals surface area contributed by atoms with E-state index in [1.54, 1.807) is 79.9 Å². The fourth-order valence-corrected chi connectivity index (χ4v) is 7.53. The maximum Gasteiger partial charge on any atom is 0.245 e. The highest BCUT2D eigenvalue weighted by atomic mass is 32.2. The molecule has 3 unspecified atom stereocenters. The number of methoxy groups -OCH3 is 1. The van der Waals surface area contributed by atoms with Gasteiger partial charge >= 0.3 is 0 Å². The van der Waals surface area contributed by atoms with Crippen molar-refractivity contribution >= 4 is 32.5 Å². The van der Waals surface area contributed by atoms with Gasteiger partial charge < -0.3 is 19.7 Å². The second kappa shape index (κ2) is 9.80. The number of para-hydroxylation sites is 1. The van der Waals surface area contributed by atoms with Gasteiger partial charge in [0.05, 0.1) is 24.6 Å². The van der Waals surface area contributed by atoms with E-state index < -0.39 is 27.5 Å². The van der Waals surface area contributed by atoms with E-state index in [-0.39, 0.29) is 17.9 Å². The zero-order valence-corrected chi connectivity index (χ0v) is 22.0. The van der Waals surface area contributed by atoms with E-state index in [1.807, 2.05) is 30.3 Å². The lowest BCUT2D eigenvalue weighted by atomic mass is 9.83. The molecule has 4 aromatic carbocycles. The molecule has 6 rings (SSSR count). The van der Waals surface area contributed by atoms with Gasteiger partial charge in [-0.05, 0) is 89.4 Å². The van der Waals surface area contributed by atoms with Crippen LogP contribution >= 0.6 is 0 Å². The Balaban J connectivity index is 1.47. The summed E-state index contributed by atoms with van der Waals surface area (Å²) in [6, 6.07) is 29.5. The van der Waals surface area contributed by atoms with Crippen molar-refractivity contribution in [1.82, 2.24) is 0 Å². The summed E-state index contributed by atoms with van der Waals surface area (Å²) in [4.78, 5) is 0. The molecule has 1 saturated heterocycles. The van der Waals surface area contributed by atoms with Crippen molar-refractivity contribution in [3.05, 3.63) is 114 Å². The molecule has 2 N–H and O–H groups in total. The molecule has 0 saturated carbocycles. The summed E-state index contributed by atoms with van der Waals surface area (Å²) in [7, 11) is -2.41. The van der Waals surface area contributed by atoms with Crippen LogP contribution in [0.2, 0.25) is 0 Å². The van der Waals surface area contributed by atoms with Crippen molar-refractivity contribution in [1.29, 1.82) is 0 Å². The lowest BCUT2D eigenvalue weighted by molar-refractivity contribution is 0.128. The number of phenolic OH excluding ortho intramolecular Hbond substituents is 2. The van der Waals surface area contributed by atoms with Gasteiger partial charge in [-0.1, -0.05) is 42.5 Å². The Bertz CT molecular complexity index is 1620. The number of ether oxygens (including phenoxy) is 2. The quantitative estimate of drug-likeness (QED) is 0.311. The predicted molar refractivity (Wildman–Crippen MR) is 151 cm³/mol. The molecular formula is C31H27NO6S. The lowest BCUT2D eigenvalue weighted by Crippen LogP contribution is -2.41. The van der Waals surface area contributed by atoms with Gasteiger partial charge in [-0.25, -0.2) is 12.7 Å². The predicted octanol–water partition coefficient (Wildman–Crippen LogP) is 5.73. The summed E-state index contributed by atoms with van der Waals surface area (Å²) in [5.41, 5.74) is 4.33. The SMILES string of the molecule is COc1ccc(N(c2ccccc2)S(=O)(=O)C2CC3OC2C(c2ccc(O)cc2)=C3c2ccc(O)cc2)cc1. The minimum absolute atomic E-state index is 0.119. The molecule has 1 fully saturated rings. The maximum absolute atomic E-state index is 14.5. The fraction of sp³-hybridized carbons (Fsp3) is 0.161. The van der Waals surface area contributed by atoms with Crippen LogP contribution in [0.1, 0.15) is 17.5 Å². The summed E-state index contributed by atoms with van der Waals surface area (Å²) in [6.07, 6.45) is -0.890. The van der Waals surface area contributed by atoms with Gasteiger partial charge in [0.1, 0.15) is 28.6 Å². The van der Waals surface area contributed by atoms with Crippen LogP contribution in [-0.2, 0) is 14.8 Å². The number of fused-ring (bicyclic) bond motifs is 2. The molecule has 0 radical (unpaired) electrons. The van der Waals surface area contributed by atoms with Crippen LogP contribution in [0.4, 0.5) is 11.4 Å². The van der Waals surface area contributed by atoms with Gasteiger partial charge in [-0.15, -0.1) is 0 Å². The topological polar surface area (TPSA) is 96.3 Å². The number of aromatic hydroxyl groups is 2. The number of hydrogen-bond acceptors (Lipinski definition) is 6. The van der Waals surface area contributed by atoms with Crippen molar-refractivity contribution < 1.29 is 28.1 Å². The summed E-state index contributed by atoms with van der Waals surface area (Å²) >= 11 is 0. The molecule has 0 aliphatic carbocycles. The molecule has 0 spiro atoms. The van der Waals surface area contributed by atoms with E-state index in [0.29, 0.717) is 17.1 Å². The van der Waals surface area contributed by atoms with Crippen molar-refractivity contribution in [2.75, 3.05) is 11.4 Å². The molecule has 2 bridgehead atoms. The smallest absolute Gasteiger partial charge is 0.245 e. The van der Waals surface area contributed by atoms with Crippen molar-refractivity contribution in [2.45, 2.75) is 23.9 Å². The van der Waals surface area contributed by atoms with Gasteiger partial charge in [0.2, 0.25) is 10.0 Å². The third kappa shape index (κ3) is 4.41. The standard InChI is InChI=1S/C31H27NO6S/c1-37-26-17-11-23(12-18-26)32(22-5-3-2-4-6-22)39(35,36)28-19-27-29(20-7-13-24(33)14-8-20)30(31(28)38-27)21-9-15-25(34)16-10-21/h2-18,27-28,31,33-34H,19H2,1H3. The van der Waals surface area contributed by atoms with Crippen LogP contribution < -0.4 is 9.04 Å². The zero-order valence-electron chi connectivity index (χ0n) is 21.1. The molecule has 7 nitrogen and oxygen atoms in total. The molecular weight excluding hydrogens is 514 g/mol. The lowest BCUT2D eigenvalue weighted by Gasteiger charge is -2.32. The van der Waals surface area contributed by atoms with E-state index in [4.69, 9.17) is 9.47 Å². The van der Waals surface area contributed by atoms with Gasteiger partial charge in [-0.2, -0.15) is 0 Å². The van der Waals surface area contributed by atoms with Crippen LogP contribution in [0.15, 0.2) is 103 Å². The first kappa shape index (κ1) is 25.0. The van der Waals surface area contributed by atoms with Crippen molar-refractivity contribution in [3.8, 4) is 17.2 Å². The highest BCUT2D eigenvalue weighted by Gasteiger charge is 2.54. The third-order valence-electron chi connectivity index (χ3n) is 7.28. The van der Waals surface area contributed by atoms with Gasteiger partial charge in [-0.3, -0.25) is 0 Å². The molecule has 3 atom stereocenters. The van der Waals surface area contributed by atoms with Crippen molar-refractivity contribution in [2.24, 2.45) is 0 Å². The summed E-state index contributed by atoms with van der Waals surface area (Å²) in [6.45, 7) is 0. The summed E-state index contributed by atoms with van der Waals surface area (Å²) in [5, 5.41) is 18.9. The third-order valence-corrected chi connectivity index (χ3v) is 9.42. The normalized spacial score (nSPS) is 20.3. The van der Waals surface area contributed by atoms with Crippen LogP contribution in [0.3, 0.4) is 0 Å². The molecule has 8 heteroatoms. The number of rotatable bonds is 7. The molecule has 0 amide bonds. The minimum atomic E-state index is -3.97. The Labute approximate surface area is 227 Å². The zero-order chi connectivity index (χ0) is 27.1. The molecule has 4 aromatic rings. The van der Waals surface area contributed by atoms with E-state index in [9.17, 15) is 18.6 Å². The molecule has 39 heavy (non-hydrogen) atoms. The Morgan fingerprint density at radius 3 is 1.85 bits per heavy atom. The number of hydrogen-bond donors (Lipinski definition) is 2. The van der Waals surface area contributed by atoms with E-state index in [2.05, 4.69) is 0 Å². The molecule has 0 aromatic heterocycles. The van der Waals surface area contributed by atoms with Gasteiger partial charge in [0.15, 0.2) is 0 Å². The maximum atomic E-state index is 14.5. The second-order valence-electron chi connectivity index (χ2n) is 9.58. The average molecular weight is 542 g/mol. The fourth-order valence-electron chi connectivity index (χ4n) is 5.50. The van der Waals surface area contributed by atoms with Crippen LogP contribution in [0.5, 0.6) is 17.2 Å². The Morgan fingerprint density at radius 1 is 0.744 bits per heavy atom. The average Bonchev–Trinajstić information content (AvgIpc) is 3.55. The van der Waals surface area contributed by atoms with E-state index >= 15 is 0 Å². The largest absolute Gasteiger partial charge is 0.508 e. The Morgan fingerprint density at radius 2 is 1.28 bits per heavy atom. The van der Waals surface area contributed by atoms with Crippen molar-refractivity contribution in [3.63, 3.8) is 0 Å². The van der Waals surface area contributed by atoms with Gasteiger partial charge in [0, 0.05) is 0 Å². The molecule has 198 valence electrons. The number of benzene rings is 4. The van der Waals surface area contributed by atoms with Gasteiger partial charge in [0.25, 0.3) is 0 Å². The summed E-state index contributed by atoms with van der Waals surface area (Å²) < 4.78 is 42.1. The number of anilines is 2. The van der Waals surface area contributed by atoms with E-state index in [0.717, 1.165) is 22.3 Å². The van der Waals surface area contributed by atoms with Crippen LogP contribution in [0, 0.1) is 0 Å². The number of phenols is 2. The first-order valence-corrected chi connectivity index (χ1v) is 14.1. The molecule has 2 aliphatic heterocycles. The minimum Gasteiger partial charge on any atom is -0.508 e. The number of nitrogens with zero attached hydrogens (tertiary/aromatic N) is 1. The van der Waals surface area contributed by atoms with Crippen LogP contribution in [-0.4, -0.2) is 43.2 Å². The van der Waals surface area contributed by atoms with E-state index in [1.165, 1.54) is 4.31 Å². The first-order valence-electron chi connectivity index (χ1n) is 12.6.